The Kier molecular flexibility index (Phi) is 5.02. The quantitative estimate of drug-likeness (QED) is 0.815. The van der Waals surface area contributed by atoms with Gasteiger partial charge in [0.15, 0.2) is 0 Å². The van der Waals surface area contributed by atoms with E-state index in [4.69, 9.17) is 0 Å². The van der Waals surface area contributed by atoms with E-state index < -0.39 is 24.0 Å². The fourth-order valence-electron chi connectivity index (χ4n) is 2.68. The third kappa shape index (κ3) is 4.18. The maximum Gasteiger partial charge on any atom is 0.455 e. The fourth-order valence-corrected chi connectivity index (χ4v) is 2.68. The zero-order chi connectivity index (χ0) is 19.6. The summed E-state index contributed by atoms with van der Waals surface area (Å²) in [4.78, 5) is 28.5. The molecule has 1 aliphatic heterocycles. The average Bonchev–Trinajstić information content (AvgIpc) is 3.14. The number of aromatic nitrogens is 2. The number of hydrogen-bond donors (Lipinski definition) is 1. The van der Waals surface area contributed by atoms with Gasteiger partial charge in [0, 0.05) is 13.1 Å². The Morgan fingerprint density at radius 1 is 1.33 bits per heavy atom. The fraction of sp³-hybridized carbons (Fsp3) is 0.375. The molecule has 11 heteroatoms. The molecule has 1 aliphatic rings. The van der Waals surface area contributed by atoms with E-state index in [0.717, 1.165) is 11.1 Å². The maximum absolute atomic E-state index is 12.4. The summed E-state index contributed by atoms with van der Waals surface area (Å²) >= 11 is 0. The van der Waals surface area contributed by atoms with Crippen molar-refractivity contribution in [2.45, 2.75) is 25.7 Å². The number of carbonyl (C=O) groups is 2. The number of rotatable bonds is 3. The monoisotopic (exact) mass is 384 g/mol. The molecular weight excluding hydrogens is 369 g/mol. The van der Waals surface area contributed by atoms with Gasteiger partial charge in [-0.1, -0.05) is 11.2 Å². The highest BCUT2D eigenvalue weighted by Gasteiger charge is 2.37. The van der Waals surface area contributed by atoms with Crippen molar-refractivity contribution in [1.82, 2.24) is 20.4 Å². The number of methoxy groups -OCH3 is 1. The van der Waals surface area contributed by atoms with Crippen LogP contribution in [-0.2, 0) is 30.4 Å². The van der Waals surface area contributed by atoms with Gasteiger partial charge >= 0.3 is 18.2 Å². The lowest BCUT2D eigenvalue weighted by Crippen LogP contribution is -2.42. The van der Waals surface area contributed by atoms with Crippen molar-refractivity contribution in [3.8, 4) is 0 Å². The van der Waals surface area contributed by atoms with Crippen LogP contribution in [0.3, 0.4) is 0 Å². The molecule has 144 valence electrons. The van der Waals surface area contributed by atoms with E-state index >= 15 is 0 Å². The van der Waals surface area contributed by atoms with Crippen molar-refractivity contribution < 1.29 is 32.0 Å². The first-order valence-corrected chi connectivity index (χ1v) is 7.90. The summed E-state index contributed by atoms with van der Waals surface area (Å²) in [6.45, 7) is 0.383. The van der Waals surface area contributed by atoms with Crippen LogP contribution in [0.2, 0.25) is 0 Å². The molecule has 2 heterocycles. The van der Waals surface area contributed by atoms with Crippen molar-refractivity contribution in [3.63, 3.8) is 0 Å². The number of fused-ring (bicyclic) bond motifs is 1. The van der Waals surface area contributed by atoms with Gasteiger partial charge in [0.2, 0.25) is 5.89 Å². The summed E-state index contributed by atoms with van der Waals surface area (Å²) < 4.78 is 46.4. The van der Waals surface area contributed by atoms with Crippen molar-refractivity contribution in [2.24, 2.45) is 0 Å². The van der Waals surface area contributed by atoms with Crippen molar-refractivity contribution in [2.75, 3.05) is 13.7 Å². The van der Waals surface area contributed by atoms with E-state index in [1.165, 1.54) is 12.0 Å². The first-order valence-electron chi connectivity index (χ1n) is 7.90. The molecule has 3 rings (SSSR count). The SMILES string of the molecule is COC(=O)c1ccc2c(c1)CCN(C(=O)NCc1nc(C(F)(F)F)no1)C2. The van der Waals surface area contributed by atoms with Gasteiger partial charge in [0.1, 0.15) is 0 Å². The molecule has 1 N–H and O–H groups in total. The zero-order valence-corrected chi connectivity index (χ0v) is 14.2. The Bertz CT molecular complexity index is 866. The number of esters is 1. The van der Waals surface area contributed by atoms with E-state index in [-0.39, 0.29) is 12.4 Å². The number of benzene rings is 1. The maximum atomic E-state index is 12.4. The molecule has 1 aromatic carbocycles. The number of urea groups is 1. The normalized spacial score (nSPS) is 13.9. The van der Waals surface area contributed by atoms with Gasteiger partial charge in [-0.05, 0) is 29.7 Å². The molecule has 8 nitrogen and oxygen atoms in total. The van der Waals surface area contributed by atoms with Crippen molar-refractivity contribution in [3.05, 3.63) is 46.6 Å². The lowest BCUT2D eigenvalue weighted by Gasteiger charge is -2.29. The van der Waals surface area contributed by atoms with E-state index in [0.29, 0.717) is 25.1 Å². The molecule has 0 bridgehead atoms. The molecule has 0 fully saturated rings. The van der Waals surface area contributed by atoms with Crippen LogP contribution in [0.25, 0.3) is 0 Å². The van der Waals surface area contributed by atoms with E-state index in [1.807, 2.05) is 0 Å². The number of amides is 2. The summed E-state index contributed by atoms with van der Waals surface area (Å²) in [6.07, 6.45) is -4.17. The first-order chi connectivity index (χ1) is 12.8. The summed E-state index contributed by atoms with van der Waals surface area (Å²) in [6, 6.07) is 4.62. The second-order valence-electron chi connectivity index (χ2n) is 5.81. The van der Waals surface area contributed by atoms with Gasteiger partial charge in [-0.15, -0.1) is 0 Å². The molecule has 0 spiro atoms. The Morgan fingerprint density at radius 3 is 2.78 bits per heavy atom. The van der Waals surface area contributed by atoms with E-state index in [9.17, 15) is 22.8 Å². The van der Waals surface area contributed by atoms with Gasteiger partial charge in [0.25, 0.3) is 5.82 Å². The zero-order valence-electron chi connectivity index (χ0n) is 14.2. The first kappa shape index (κ1) is 18.7. The highest BCUT2D eigenvalue weighted by molar-refractivity contribution is 5.89. The predicted octanol–water partition coefficient (Wildman–Crippen LogP) is 2.14. The van der Waals surface area contributed by atoms with Crippen molar-refractivity contribution >= 4 is 12.0 Å². The second kappa shape index (κ2) is 7.25. The number of ether oxygens (including phenoxy) is 1. The molecular formula is C16H15F3N4O4. The highest BCUT2D eigenvalue weighted by Crippen LogP contribution is 2.26. The van der Waals surface area contributed by atoms with Crippen LogP contribution in [-0.4, -0.2) is 40.7 Å². The predicted molar refractivity (Wildman–Crippen MR) is 83.4 cm³/mol. The van der Waals surface area contributed by atoms with E-state index in [1.54, 1.807) is 18.2 Å². The van der Waals surface area contributed by atoms with Gasteiger partial charge in [-0.3, -0.25) is 0 Å². The van der Waals surface area contributed by atoms with Gasteiger partial charge < -0.3 is 19.5 Å². The lowest BCUT2D eigenvalue weighted by atomic mass is 9.97. The van der Waals surface area contributed by atoms with Gasteiger partial charge in [0.05, 0.1) is 19.2 Å². The molecule has 0 radical (unpaired) electrons. The molecule has 0 saturated carbocycles. The summed E-state index contributed by atoms with van der Waals surface area (Å²) in [5.41, 5.74) is 2.25. The third-order valence-electron chi connectivity index (χ3n) is 4.04. The molecule has 2 amide bonds. The van der Waals surface area contributed by atoms with Crippen LogP contribution in [0, 0.1) is 0 Å². The Morgan fingerprint density at radius 2 is 2.11 bits per heavy atom. The van der Waals surface area contributed by atoms with Crippen LogP contribution in [0.4, 0.5) is 18.0 Å². The number of nitrogens with one attached hydrogen (secondary N) is 1. The lowest BCUT2D eigenvalue weighted by molar-refractivity contribution is -0.146. The summed E-state index contributed by atoms with van der Waals surface area (Å²) in [5, 5.41) is 5.28. The van der Waals surface area contributed by atoms with E-state index in [2.05, 4.69) is 24.7 Å². The van der Waals surface area contributed by atoms with Gasteiger partial charge in [-0.2, -0.15) is 18.2 Å². The van der Waals surface area contributed by atoms with Crippen LogP contribution in [0.5, 0.6) is 0 Å². The van der Waals surface area contributed by atoms with Crippen LogP contribution in [0.1, 0.15) is 33.2 Å². The van der Waals surface area contributed by atoms with Crippen molar-refractivity contribution in [1.29, 1.82) is 0 Å². The molecule has 1 aromatic heterocycles. The second-order valence-corrected chi connectivity index (χ2v) is 5.81. The Balaban J connectivity index is 1.59. The summed E-state index contributed by atoms with van der Waals surface area (Å²) in [5.74, 6) is -2.16. The topological polar surface area (TPSA) is 97.6 Å². The molecule has 2 aromatic rings. The smallest absolute Gasteiger partial charge is 0.455 e. The third-order valence-corrected chi connectivity index (χ3v) is 4.04. The molecule has 27 heavy (non-hydrogen) atoms. The highest BCUT2D eigenvalue weighted by atomic mass is 19.4. The number of halogens is 3. The molecule has 0 saturated heterocycles. The number of carbonyl (C=O) groups excluding carboxylic acids is 2. The van der Waals surface area contributed by atoms with Crippen LogP contribution < -0.4 is 5.32 Å². The van der Waals surface area contributed by atoms with Crippen LogP contribution >= 0.6 is 0 Å². The largest absolute Gasteiger partial charge is 0.465 e. The Labute approximate surface area is 151 Å². The molecule has 0 aliphatic carbocycles. The Hall–Kier alpha value is -3.11. The minimum Gasteiger partial charge on any atom is -0.465 e. The standard InChI is InChI=1S/C16H15F3N4O4/c1-26-13(24)10-2-3-11-8-23(5-4-9(11)6-10)15(25)20-7-12-21-14(22-27-12)16(17,18)19/h2-3,6H,4-5,7-8H2,1H3,(H,20,25). The van der Waals surface area contributed by atoms with Crippen LogP contribution in [0.15, 0.2) is 22.7 Å². The summed E-state index contributed by atoms with van der Waals surface area (Å²) in [7, 11) is 1.30. The van der Waals surface area contributed by atoms with Gasteiger partial charge in [-0.25, -0.2) is 9.59 Å². The number of hydrogen-bond acceptors (Lipinski definition) is 6. The molecule has 0 unspecified atom stereocenters. The minimum absolute atomic E-state index is 0.306. The molecule has 0 atom stereocenters. The minimum atomic E-state index is -4.70. The number of alkyl halides is 3. The number of nitrogens with zero attached hydrogens (tertiary/aromatic N) is 3. The average molecular weight is 384 g/mol.